The van der Waals surface area contributed by atoms with Crippen LogP contribution in [0.3, 0.4) is 0 Å². The normalized spacial score (nSPS) is 41.4. The number of rotatable bonds is 4. The minimum absolute atomic E-state index is 0.172. The molecule has 0 aromatic heterocycles. The van der Waals surface area contributed by atoms with Gasteiger partial charge < -0.3 is 15.4 Å². The van der Waals surface area contributed by atoms with Crippen molar-refractivity contribution in [1.82, 2.24) is 10.6 Å². The fraction of sp³-hybridized carbons (Fsp3) is 0.933. The Balaban J connectivity index is 1.63. The van der Waals surface area contributed by atoms with Gasteiger partial charge in [0.25, 0.3) is 0 Å². The lowest BCUT2D eigenvalue weighted by Gasteiger charge is -2.37. The van der Waals surface area contributed by atoms with Crippen molar-refractivity contribution in [3.8, 4) is 0 Å². The van der Waals surface area contributed by atoms with Crippen LogP contribution in [0.2, 0.25) is 0 Å². The Bertz CT molecular complexity index is 334. The van der Waals surface area contributed by atoms with E-state index in [1.165, 1.54) is 6.42 Å². The van der Waals surface area contributed by atoms with Crippen LogP contribution in [0.4, 0.5) is 0 Å². The third kappa shape index (κ3) is 2.52. The number of carbonyl (C=O) groups is 1. The fourth-order valence-corrected chi connectivity index (χ4v) is 4.08. The van der Waals surface area contributed by atoms with Gasteiger partial charge in [0, 0.05) is 6.54 Å². The monoisotopic (exact) mass is 266 g/mol. The van der Waals surface area contributed by atoms with Gasteiger partial charge in [-0.1, -0.05) is 13.3 Å². The number of fused-ring (bicyclic) bond motifs is 2. The molecule has 108 valence electrons. The predicted octanol–water partition coefficient (Wildman–Crippen LogP) is 1.59. The first-order chi connectivity index (χ1) is 9.23. The van der Waals surface area contributed by atoms with Crippen LogP contribution in [0.15, 0.2) is 0 Å². The lowest BCUT2D eigenvalue weighted by Crippen LogP contribution is -2.54. The van der Waals surface area contributed by atoms with E-state index in [-0.39, 0.29) is 23.5 Å². The molecular formula is C15H26N2O2. The van der Waals surface area contributed by atoms with E-state index < -0.39 is 0 Å². The van der Waals surface area contributed by atoms with Gasteiger partial charge >= 0.3 is 0 Å². The van der Waals surface area contributed by atoms with E-state index in [1.54, 1.807) is 0 Å². The molecule has 0 saturated carbocycles. The molecule has 3 aliphatic rings. The highest BCUT2D eigenvalue weighted by atomic mass is 16.5. The number of nitrogens with one attached hydrogen (secondary N) is 2. The van der Waals surface area contributed by atoms with Crippen molar-refractivity contribution in [1.29, 1.82) is 0 Å². The van der Waals surface area contributed by atoms with Crippen molar-refractivity contribution < 1.29 is 9.53 Å². The summed E-state index contributed by atoms with van der Waals surface area (Å²) in [7, 11) is 0. The number of amides is 1. The molecule has 3 saturated heterocycles. The van der Waals surface area contributed by atoms with Gasteiger partial charge in [0.1, 0.15) is 0 Å². The van der Waals surface area contributed by atoms with Gasteiger partial charge in [-0.15, -0.1) is 0 Å². The summed E-state index contributed by atoms with van der Waals surface area (Å²) in [4.78, 5) is 12.7. The Morgan fingerprint density at radius 1 is 1.47 bits per heavy atom. The van der Waals surface area contributed by atoms with Crippen molar-refractivity contribution in [2.24, 2.45) is 5.41 Å². The zero-order valence-corrected chi connectivity index (χ0v) is 11.9. The van der Waals surface area contributed by atoms with Gasteiger partial charge in [-0.25, -0.2) is 0 Å². The molecule has 4 unspecified atom stereocenters. The van der Waals surface area contributed by atoms with Crippen molar-refractivity contribution in [3.05, 3.63) is 0 Å². The van der Waals surface area contributed by atoms with Crippen molar-refractivity contribution in [3.63, 3.8) is 0 Å². The van der Waals surface area contributed by atoms with Crippen LogP contribution in [-0.2, 0) is 9.53 Å². The molecule has 2 bridgehead atoms. The highest BCUT2D eigenvalue weighted by Gasteiger charge is 2.45. The molecule has 0 spiro atoms. The molecule has 0 aliphatic carbocycles. The van der Waals surface area contributed by atoms with Crippen LogP contribution in [0.1, 0.15) is 51.9 Å². The Morgan fingerprint density at radius 3 is 2.95 bits per heavy atom. The highest BCUT2D eigenvalue weighted by Crippen LogP contribution is 2.36. The van der Waals surface area contributed by atoms with Crippen LogP contribution >= 0.6 is 0 Å². The molecule has 4 atom stereocenters. The van der Waals surface area contributed by atoms with Gasteiger partial charge in [0.2, 0.25) is 5.91 Å². The maximum atomic E-state index is 12.7. The number of hydrogen-bond donors (Lipinski definition) is 2. The molecule has 0 aromatic rings. The fourth-order valence-electron chi connectivity index (χ4n) is 4.08. The van der Waals surface area contributed by atoms with Crippen molar-refractivity contribution in [2.75, 3.05) is 13.1 Å². The summed E-state index contributed by atoms with van der Waals surface area (Å²) in [5.74, 6) is 0.266. The van der Waals surface area contributed by atoms with E-state index in [9.17, 15) is 4.79 Å². The number of piperidine rings is 1. The zero-order chi connectivity index (χ0) is 13.3. The highest BCUT2D eigenvalue weighted by molar-refractivity contribution is 5.83. The Kier molecular flexibility index (Phi) is 3.81. The van der Waals surface area contributed by atoms with E-state index in [0.717, 1.165) is 51.6 Å². The van der Waals surface area contributed by atoms with Crippen LogP contribution in [-0.4, -0.2) is 37.2 Å². The molecule has 0 radical (unpaired) electrons. The second-order valence-corrected chi connectivity index (χ2v) is 6.50. The summed E-state index contributed by atoms with van der Waals surface area (Å²) in [6.07, 6.45) is 8.21. The van der Waals surface area contributed by atoms with Gasteiger partial charge in [0.05, 0.1) is 23.7 Å². The quantitative estimate of drug-likeness (QED) is 0.812. The molecule has 3 aliphatic heterocycles. The topological polar surface area (TPSA) is 50.4 Å². The van der Waals surface area contributed by atoms with Crippen LogP contribution in [0.25, 0.3) is 0 Å². The molecule has 2 N–H and O–H groups in total. The zero-order valence-electron chi connectivity index (χ0n) is 11.9. The minimum atomic E-state index is -0.172. The molecule has 1 amide bonds. The predicted molar refractivity (Wildman–Crippen MR) is 73.9 cm³/mol. The molecule has 3 heterocycles. The second kappa shape index (κ2) is 5.41. The van der Waals surface area contributed by atoms with Gasteiger partial charge in [-0.2, -0.15) is 0 Å². The number of carbonyl (C=O) groups excluding carboxylic acids is 1. The number of hydrogen-bond acceptors (Lipinski definition) is 3. The largest absolute Gasteiger partial charge is 0.373 e. The van der Waals surface area contributed by atoms with Crippen molar-refractivity contribution >= 4 is 5.91 Å². The average Bonchev–Trinajstić information content (AvgIpc) is 3.02. The summed E-state index contributed by atoms with van der Waals surface area (Å²) >= 11 is 0. The maximum absolute atomic E-state index is 12.7. The molecule has 3 rings (SSSR count). The summed E-state index contributed by atoms with van der Waals surface area (Å²) in [5.41, 5.74) is -0.172. The van der Waals surface area contributed by atoms with Gasteiger partial charge in [-0.3, -0.25) is 4.79 Å². The standard InChI is InChI=1S/C15H26N2O2/c1-2-6-15(7-3-8-16-10-15)14(18)17-12-9-11-4-5-13(12)19-11/h11-13,16H,2-10H2,1H3,(H,17,18). The summed E-state index contributed by atoms with van der Waals surface area (Å²) in [6, 6.07) is 0.266. The minimum Gasteiger partial charge on any atom is -0.373 e. The molecule has 3 fully saturated rings. The smallest absolute Gasteiger partial charge is 0.227 e. The van der Waals surface area contributed by atoms with Crippen LogP contribution in [0, 0.1) is 5.41 Å². The SMILES string of the molecule is CCCC1(C(=O)NC2CC3CCC2O3)CCCNC1. The Hall–Kier alpha value is -0.610. The van der Waals surface area contributed by atoms with E-state index in [4.69, 9.17) is 4.74 Å². The summed E-state index contributed by atoms with van der Waals surface area (Å²) in [5, 5.41) is 6.71. The van der Waals surface area contributed by atoms with Gasteiger partial charge in [-0.05, 0) is 45.1 Å². The third-order valence-corrected chi connectivity index (χ3v) is 5.10. The molecule has 4 heteroatoms. The average molecular weight is 266 g/mol. The lowest BCUT2D eigenvalue weighted by atomic mass is 9.75. The molecule has 0 aromatic carbocycles. The van der Waals surface area contributed by atoms with Crippen molar-refractivity contribution in [2.45, 2.75) is 70.1 Å². The van der Waals surface area contributed by atoms with E-state index >= 15 is 0 Å². The second-order valence-electron chi connectivity index (χ2n) is 6.50. The summed E-state index contributed by atoms with van der Waals surface area (Å²) < 4.78 is 5.84. The molecule has 19 heavy (non-hydrogen) atoms. The maximum Gasteiger partial charge on any atom is 0.227 e. The Labute approximate surface area is 115 Å². The first-order valence-corrected chi connectivity index (χ1v) is 7.91. The third-order valence-electron chi connectivity index (χ3n) is 5.10. The van der Waals surface area contributed by atoms with Gasteiger partial charge in [0.15, 0.2) is 0 Å². The van der Waals surface area contributed by atoms with Crippen LogP contribution in [0.5, 0.6) is 0 Å². The number of ether oxygens (including phenoxy) is 1. The van der Waals surface area contributed by atoms with E-state index in [2.05, 4.69) is 17.6 Å². The Morgan fingerprint density at radius 2 is 2.37 bits per heavy atom. The summed E-state index contributed by atoms with van der Waals surface area (Å²) in [6.45, 7) is 4.06. The van der Waals surface area contributed by atoms with E-state index in [0.29, 0.717) is 6.10 Å². The lowest BCUT2D eigenvalue weighted by molar-refractivity contribution is -0.133. The van der Waals surface area contributed by atoms with E-state index in [1.807, 2.05) is 0 Å². The molecular weight excluding hydrogens is 240 g/mol. The first-order valence-electron chi connectivity index (χ1n) is 7.91. The molecule has 4 nitrogen and oxygen atoms in total. The van der Waals surface area contributed by atoms with Crippen LogP contribution < -0.4 is 10.6 Å². The first kappa shape index (κ1) is 13.4.